The van der Waals surface area contributed by atoms with Gasteiger partial charge >= 0.3 is 0 Å². The zero-order chi connectivity index (χ0) is 8.97. The Bertz CT molecular complexity index is 210. The minimum atomic E-state index is 0.0370. The highest BCUT2D eigenvalue weighted by Gasteiger charge is 2.22. The zero-order valence-corrected chi connectivity index (χ0v) is 7.59. The van der Waals surface area contributed by atoms with Crippen LogP contribution in [0.4, 0.5) is 0 Å². The lowest BCUT2D eigenvalue weighted by molar-refractivity contribution is 0.765. The lowest BCUT2D eigenvalue weighted by Gasteiger charge is -2.12. The summed E-state index contributed by atoms with van der Waals surface area (Å²) in [6.45, 7) is 1.93. The number of nitrogens with zero attached hydrogens (tertiary/aromatic N) is 1. The Hall–Kier alpha value is -1.17. The first-order chi connectivity index (χ1) is 5.76. The Morgan fingerprint density at radius 3 is 2.75 bits per heavy atom. The van der Waals surface area contributed by atoms with Crippen molar-refractivity contribution < 1.29 is 0 Å². The molecule has 0 amide bonds. The summed E-state index contributed by atoms with van der Waals surface area (Å²) >= 11 is 0. The maximum absolute atomic E-state index is 5.23. The van der Waals surface area contributed by atoms with E-state index in [0.717, 1.165) is 5.96 Å². The third-order valence-corrected chi connectivity index (χ3v) is 1.75. The fraction of sp³-hybridized carbons (Fsp3) is 0.667. The molecule has 1 fully saturated rings. The topological polar surface area (TPSA) is 36.4 Å². The van der Waals surface area contributed by atoms with Crippen LogP contribution in [0, 0.1) is 12.3 Å². The number of nitrogens with one attached hydrogen (secondary N) is 2. The van der Waals surface area contributed by atoms with Gasteiger partial charge in [0.15, 0.2) is 5.96 Å². The molecular weight excluding hydrogens is 150 g/mol. The first-order valence-corrected chi connectivity index (χ1v) is 4.22. The van der Waals surface area contributed by atoms with Gasteiger partial charge in [-0.3, -0.25) is 4.99 Å². The van der Waals surface area contributed by atoms with E-state index in [2.05, 4.69) is 21.5 Å². The van der Waals surface area contributed by atoms with Crippen molar-refractivity contribution in [1.29, 1.82) is 0 Å². The summed E-state index contributed by atoms with van der Waals surface area (Å²) in [6, 6.07) is 0.649. The minimum absolute atomic E-state index is 0.0370. The summed E-state index contributed by atoms with van der Waals surface area (Å²) in [5.41, 5.74) is 0. The molecule has 3 heteroatoms. The van der Waals surface area contributed by atoms with Crippen molar-refractivity contribution in [3.05, 3.63) is 0 Å². The smallest absolute Gasteiger partial charge is 0.192 e. The van der Waals surface area contributed by atoms with Crippen molar-refractivity contribution in [1.82, 2.24) is 10.6 Å². The van der Waals surface area contributed by atoms with E-state index in [0.29, 0.717) is 6.04 Å². The van der Waals surface area contributed by atoms with Crippen LogP contribution in [-0.4, -0.2) is 25.1 Å². The molecule has 1 aliphatic rings. The van der Waals surface area contributed by atoms with Crippen LogP contribution >= 0.6 is 0 Å². The van der Waals surface area contributed by atoms with Crippen LogP contribution in [0.15, 0.2) is 4.99 Å². The van der Waals surface area contributed by atoms with Crippen molar-refractivity contribution in [3.63, 3.8) is 0 Å². The van der Waals surface area contributed by atoms with Crippen LogP contribution in [-0.2, 0) is 0 Å². The molecule has 1 atom stereocenters. The predicted molar refractivity (Wildman–Crippen MR) is 50.9 cm³/mol. The molecule has 0 aliphatic heterocycles. The van der Waals surface area contributed by atoms with Gasteiger partial charge in [0.05, 0.1) is 6.04 Å². The molecule has 0 spiro atoms. The average molecular weight is 165 g/mol. The van der Waals surface area contributed by atoms with Crippen molar-refractivity contribution in [2.24, 2.45) is 4.99 Å². The maximum Gasteiger partial charge on any atom is 0.192 e. The summed E-state index contributed by atoms with van der Waals surface area (Å²) in [5, 5.41) is 6.34. The van der Waals surface area contributed by atoms with E-state index in [9.17, 15) is 0 Å². The van der Waals surface area contributed by atoms with Gasteiger partial charge in [0.25, 0.3) is 0 Å². The molecule has 1 saturated carbocycles. The number of aliphatic imine (C=N–C) groups is 1. The van der Waals surface area contributed by atoms with Crippen LogP contribution in [0.3, 0.4) is 0 Å². The first-order valence-electron chi connectivity index (χ1n) is 4.22. The Kier molecular flexibility index (Phi) is 2.98. The molecule has 1 aliphatic carbocycles. The number of guanidine groups is 1. The Labute approximate surface area is 73.6 Å². The molecule has 1 unspecified atom stereocenters. The second-order valence-corrected chi connectivity index (χ2v) is 3.02. The van der Waals surface area contributed by atoms with E-state index in [1.54, 1.807) is 7.05 Å². The van der Waals surface area contributed by atoms with Crippen LogP contribution in [0.25, 0.3) is 0 Å². The monoisotopic (exact) mass is 165 g/mol. The Morgan fingerprint density at radius 2 is 2.33 bits per heavy atom. The highest BCUT2D eigenvalue weighted by atomic mass is 15.2. The van der Waals surface area contributed by atoms with Gasteiger partial charge < -0.3 is 10.6 Å². The summed E-state index contributed by atoms with van der Waals surface area (Å²) < 4.78 is 0. The van der Waals surface area contributed by atoms with Gasteiger partial charge in [0, 0.05) is 13.1 Å². The summed E-state index contributed by atoms with van der Waals surface area (Å²) in [5.74, 6) is 3.40. The highest BCUT2D eigenvalue weighted by Crippen LogP contribution is 2.18. The van der Waals surface area contributed by atoms with Crippen LogP contribution in [0.2, 0.25) is 0 Å². The first kappa shape index (κ1) is 8.92. The molecule has 66 valence electrons. The molecule has 3 nitrogen and oxygen atoms in total. The van der Waals surface area contributed by atoms with Gasteiger partial charge in [-0.05, 0) is 19.8 Å². The fourth-order valence-electron chi connectivity index (χ4n) is 0.839. The lowest BCUT2D eigenvalue weighted by atomic mass is 10.4. The number of rotatable bonds is 2. The predicted octanol–water partition coefficient (Wildman–Crippen LogP) is 0.335. The van der Waals surface area contributed by atoms with Gasteiger partial charge in [0.2, 0.25) is 0 Å². The van der Waals surface area contributed by atoms with Gasteiger partial charge in [-0.15, -0.1) is 6.42 Å². The molecule has 0 aromatic carbocycles. The van der Waals surface area contributed by atoms with Crippen molar-refractivity contribution >= 4 is 5.96 Å². The van der Waals surface area contributed by atoms with Gasteiger partial charge in [-0.25, -0.2) is 0 Å². The van der Waals surface area contributed by atoms with Crippen LogP contribution < -0.4 is 10.6 Å². The third kappa shape index (κ3) is 2.83. The van der Waals surface area contributed by atoms with E-state index >= 15 is 0 Å². The van der Waals surface area contributed by atoms with Gasteiger partial charge in [-0.2, -0.15) is 0 Å². The number of terminal acetylenes is 1. The summed E-state index contributed by atoms with van der Waals surface area (Å²) in [4.78, 5) is 4.06. The fourth-order valence-corrected chi connectivity index (χ4v) is 0.839. The second-order valence-electron chi connectivity index (χ2n) is 3.02. The van der Waals surface area contributed by atoms with Crippen LogP contribution in [0.1, 0.15) is 19.8 Å². The highest BCUT2D eigenvalue weighted by molar-refractivity contribution is 5.80. The molecule has 2 N–H and O–H groups in total. The average Bonchev–Trinajstić information content (AvgIpc) is 2.86. The quantitative estimate of drug-likeness (QED) is 0.351. The van der Waals surface area contributed by atoms with Crippen molar-refractivity contribution in [2.45, 2.75) is 31.8 Å². The number of hydrogen-bond donors (Lipinski definition) is 2. The molecule has 0 radical (unpaired) electrons. The Morgan fingerprint density at radius 1 is 1.67 bits per heavy atom. The molecule has 0 heterocycles. The standard InChI is InChI=1S/C9H15N3/c1-4-7(2)11-9(10-3)12-8-5-6-8/h1,7-8H,5-6H2,2-3H3,(H2,10,11,12). The molecule has 0 aromatic heterocycles. The van der Waals surface area contributed by atoms with Crippen LogP contribution in [0.5, 0.6) is 0 Å². The molecule has 12 heavy (non-hydrogen) atoms. The van der Waals surface area contributed by atoms with E-state index in [4.69, 9.17) is 6.42 Å². The minimum Gasteiger partial charge on any atom is -0.354 e. The van der Waals surface area contributed by atoms with Gasteiger partial charge in [0.1, 0.15) is 0 Å². The third-order valence-electron chi connectivity index (χ3n) is 1.75. The zero-order valence-electron chi connectivity index (χ0n) is 7.59. The summed E-state index contributed by atoms with van der Waals surface area (Å²) in [7, 11) is 1.75. The largest absolute Gasteiger partial charge is 0.354 e. The summed E-state index contributed by atoms with van der Waals surface area (Å²) in [6.07, 6.45) is 7.71. The Balaban J connectivity index is 2.30. The van der Waals surface area contributed by atoms with Gasteiger partial charge in [-0.1, -0.05) is 5.92 Å². The second kappa shape index (κ2) is 4.01. The molecule has 1 rings (SSSR count). The number of hydrogen-bond acceptors (Lipinski definition) is 1. The van der Waals surface area contributed by atoms with E-state index < -0.39 is 0 Å². The molecule has 0 bridgehead atoms. The SMILES string of the molecule is C#CC(C)NC(=NC)NC1CC1. The van der Waals surface area contributed by atoms with E-state index in [-0.39, 0.29) is 6.04 Å². The lowest BCUT2D eigenvalue weighted by Crippen LogP contribution is -2.42. The van der Waals surface area contributed by atoms with E-state index in [1.165, 1.54) is 12.8 Å². The van der Waals surface area contributed by atoms with Crippen molar-refractivity contribution in [3.8, 4) is 12.3 Å². The normalized spacial score (nSPS) is 19.6. The molecule has 0 aromatic rings. The van der Waals surface area contributed by atoms with E-state index in [1.807, 2.05) is 6.92 Å². The molecular formula is C9H15N3. The van der Waals surface area contributed by atoms with Crippen molar-refractivity contribution in [2.75, 3.05) is 7.05 Å². The molecule has 0 saturated heterocycles. The maximum atomic E-state index is 5.23.